The first-order valence-electron chi connectivity index (χ1n) is 5.24. The number of amides is 1. The zero-order chi connectivity index (χ0) is 11.5. The highest BCUT2D eigenvalue weighted by atomic mass is 19.4. The monoisotopic (exact) mass is 223 g/mol. The smallest absolute Gasteiger partial charge is 0.353 e. The molecule has 0 heterocycles. The van der Waals surface area contributed by atoms with Crippen molar-refractivity contribution in [3.05, 3.63) is 0 Å². The van der Waals surface area contributed by atoms with Gasteiger partial charge >= 0.3 is 6.18 Å². The molecule has 2 unspecified atom stereocenters. The van der Waals surface area contributed by atoms with Gasteiger partial charge in [0, 0.05) is 6.04 Å². The predicted molar refractivity (Wildman–Crippen MR) is 50.2 cm³/mol. The summed E-state index contributed by atoms with van der Waals surface area (Å²) in [4.78, 5) is 11.0. The molecular formula is C10H16F3NO. The molecule has 1 aliphatic rings. The standard InChI is InChI=1S/C10H16F3NO/c1-7-4-2-3-5-8(7)14-9(15)6-10(11,12)13/h7-8H,2-6H2,1H3,(H,14,15). The third-order valence-corrected chi connectivity index (χ3v) is 2.82. The van der Waals surface area contributed by atoms with Gasteiger partial charge in [-0.05, 0) is 18.8 Å². The van der Waals surface area contributed by atoms with E-state index >= 15 is 0 Å². The van der Waals surface area contributed by atoms with E-state index in [2.05, 4.69) is 5.32 Å². The van der Waals surface area contributed by atoms with Crippen molar-refractivity contribution < 1.29 is 18.0 Å². The van der Waals surface area contributed by atoms with Crippen LogP contribution >= 0.6 is 0 Å². The third kappa shape index (κ3) is 4.53. The molecule has 0 bridgehead atoms. The van der Waals surface area contributed by atoms with Crippen LogP contribution < -0.4 is 5.32 Å². The van der Waals surface area contributed by atoms with Gasteiger partial charge in [-0.2, -0.15) is 13.2 Å². The van der Waals surface area contributed by atoms with Gasteiger partial charge in [-0.15, -0.1) is 0 Å². The number of rotatable bonds is 2. The minimum absolute atomic E-state index is 0.0754. The summed E-state index contributed by atoms with van der Waals surface area (Å²) in [6, 6.07) is -0.0754. The van der Waals surface area contributed by atoms with Crippen LogP contribution in [0.25, 0.3) is 0 Å². The minimum Gasteiger partial charge on any atom is -0.353 e. The summed E-state index contributed by atoms with van der Waals surface area (Å²) in [5.41, 5.74) is 0. The van der Waals surface area contributed by atoms with Crippen LogP contribution in [0.5, 0.6) is 0 Å². The first-order chi connectivity index (χ1) is 6.88. The zero-order valence-electron chi connectivity index (χ0n) is 8.73. The van der Waals surface area contributed by atoms with Crippen LogP contribution in [0.4, 0.5) is 13.2 Å². The van der Waals surface area contributed by atoms with Gasteiger partial charge in [-0.3, -0.25) is 4.79 Å². The molecule has 0 aromatic heterocycles. The Morgan fingerprint density at radius 2 is 1.93 bits per heavy atom. The maximum atomic E-state index is 11.9. The Morgan fingerprint density at radius 1 is 1.33 bits per heavy atom. The van der Waals surface area contributed by atoms with Gasteiger partial charge in [0.25, 0.3) is 0 Å². The molecule has 1 N–H and O–H groups in total. The summed E-state index contributed by atoms with van der Waals surface area (Å²) < 4.78 is 35.7. The minimum atomic E-state index is -4.40. The fourth-order valence-corrected chi connectivity index (χ4v) is 1.97. The largest absolute Gasteiger partial charge is 0.397 e. The van der Waals surface area contributed by atoms with Crippen molar-refractivity contribution in [2.45, 2.75) is 51.2 Å². The number of hydrogen-bond acceptors (Lipinski definition) is 1. The molecule has 1 saturated carbocycles. The maximum absolute atomic E-state index is 11.9. The van der Waals surface area contributed by atoms with Crippen LogP contribution in [0, 0.1) is 5.92 Å². The molecule has 0 saturated heterocycles. The van der Waals surface area contributed by atoms with E-state index in [1.54, 1.807) is 0 Å². The van der Waals surface area contributed by atoms with Gasteiger partial charge in [-0.1, -0.05) is 19.8 Å². The van der Waals surface area contributed by atoms with Crippen LogP contribution in [0.3, 0.4) is 0 Å². The number of nitrogens with one attached hydrogen (secondary N) is 1. The molecule has 2 atom stereocenters. The van der Waals surface area contributed by atoms with Crippen LogP contribution in [0.1, 0.15) is 39.0 Å². The highest BCUT2D eigenvalue weighted by Crippen LogP contribution is 2.25. The molecule has 1 fully saturated rings. The average Bonchev–Trinajstić information content (AvgIpc) is 2.05. The van der Waals surface area contributed by atoms with Crippen LogP contribution in [-0.2, 0) is 4.79 Å². The number of carbonyl (C=O) groups excluding carboxylic acids is 1. The lowest BCUT2D eigenvalue weighted by Crippen LogP contribution is -2.42. The fourth-order valence-electron chi connectivity index (χ4n) is 1.97. The summed E-state index contributed by atoms with van der Waals surface area (Å²) in [6.07, 6.45) is -1.89. The van der Waals surface area contributed by atoms with E-state index in [-0.39, 0.29) is 12.0 Å². The summed E-state index contributed by atoms with van der Waals surface area (Å²) in [6.45, 7) is 1.97. The molecule has 0 aromatic rings. The molecule has 15 heavy (non-hydrogen) atoms. The van der Waals surface area contributed by atoms with E-state index in [0.717, 1.165) is 25.7 Å². The molecule has 1 rings (SSSR count). The fraction of sp³-hybridized carbons (Fsp3) is 0.900. The normalized spacial score (nSPS) is 27.5. The molecule has 5 heteroatoms. The maximum Gasteiger partial charge on any atom is 0.397 e. The molecular weight excluding hydrogens is 207 g/mol. The second-order valence-electron chi connectivity index (χ2n) is 4.23. The van der Waals surface area contributed by atoms with Crippen molar-refractivity contribution in [1.29, 1.82) is 0 Å². The molecule has 0 radical (unpaired) electrons. The van der Waals surface area contributed by atoms with Crippen molar-refractivity contribution in [2.75, 3.05) is 0 Å². The molecule has 0 aliphatic heterocycles. The third-order valence-electron chi connectivity index (χ3n) is 2.82. The quantitative estimate of drug-likeness (QED) is 0.766. The van der Waals surface area contributed by atoms with E-state index in [0.29, 0.717) is 0 Å². The lowest BCUT2D eigenvalue weighted by atomic mass is 9.86. The Bertz CT molecular complexity index is 227. The van der Waals surface area contributed by atoms with E-state index in [1.807, 2.05) is 6.92 Å². The van der Waals surface area contributed by atoms with Gasteiger partial charge in [0.2, 0.25) is 5.91 Å². The number of halogens is 3. The van der Waals surface area contributed by atoms with Crippen LogP contribution in [0.15, 0.2) is 0 Å². The topological polar surface area (TPSA) is 29.1 Å². The Kier molecular flexibility index (Phi) is 3.99. The van der Waals surface area contributed by atoms with Crippen LogP contribution in [-0.4, -0.2) is 18.1 Å². The van der Waals surface area contributed by atoms with Crippen molar-refractivity contribution in [3.8, 4) is 0 Å². The van der Waals surface area contributed by atoms with Gasteiger partial charge < -0.3 is 5.32 Å². The van der Waals surface area contributed by atoms with E-state index in [1.165, 1.54) is 0 Å². The van der Waals surface area contributed by atoms with E-state index < -0.39 is 18.5 Å². The van der Waals surface area contributed by atoms with Crippen molar-refractivity contribution >= 4 is 5.91 Å². The highest BCUT2D eigenvalue weighted by molar-refractivity contribution is 5.76. The predicted octanol–water partition coefficient (Wildman–Crippen LogP) is 2.63. The average molecular weight is 223 g/mol. The summed E-state index contributed by atoms with van der Waals surface area (Å²) in [5.74, 6) is -0.614. The lowest BCUT2D eigenvalue weighted by molar-refractivity contribution is -0.154. The first-order valence-corrected chi connectivity index (χ1v) is 5.24. The van der Waals surface area contributed by atoms with Crippen LogP contribution in [0.2, 0.25) is 0 Å². The van der Waals surface area contributed by atoms with Gasteiger partial charge in [-0.25, -0.2) is 0 Å². The van der Waals surface area contributed by atoms with Crippen molar-refractivity contribution in [1.82, 2.24) is 5.32 Å². The first kappa shape index (κ1) is 12.3. The Labute approximate surface area is 87.2 Å². The molecule has 88 valence electrons. The van der Waals surface area contributed by atoms with Gasteiger partial charge in [0.15, 0.2) is 0 Å². The van der Waals surface area contributed by atoms with Crippen molar-refractivity contribution in [2.24, 2.45) is 5.92 Å². The highest BCUT2D eigenvalue weighted by Gasteiger charge is 2.33. The molecule has 1 amide bonds. The molecule has 1 aliphatic carbocycles. The van der Waals surface area contributed by atoms with Crippen molar-refractivity contribution in [3.63, 3.8) is 0 Å². The Hall–Kier alpha value is -0.740. The van der Waals surface area contributed by atoms with Gasteiger partial charge in [0.1, 0.15) is 6.42 Å². The number of alkyl halides is 3. The SMILES string of the molecule is CC1CCCCC1NC(=O)CC(F)(F)F. The lowest BCUT2D eigenvalue weighted by Gasteiger charge is -2.29. The number of carbonyl (C=O) groups is 1. The van der Waals surface area contributed by atoms with E-state index in [4.69, 9.17) is 0 Å². The molecule has 2 nitrogen and oxygen atoms in total. The summed E-state index contributed by atoms with van der Waals surface area (Å²) in [7, 11) is 0. The zero-order valence-corrected chi connectivity index (χ0v) is 8.73. The number of hydrogen-bond donors (Lipinski definition) is 1. The van der Waals surface area contributed by atoms with Gasteiger partial charge in [0.05, 0.1) is 0 Å². The summed E-state index contributed by atoms with van der Waals surface area (Å²) in [5, 5.41) is 2.47. The molecule has 0 spiro atoms. The second kappa shape index (κ2) is 4.86. The Morgan fingerprint density at radius 3 is 2.47 bits per heavy atom. The Balaban J connectivity index is 2.36. The molecule has 0 aromatic carbocycles. The van der Waals surface area contributed by atoms with E-state index in [9.17, 15) is 18.0 Å². The summed E-state index contributed by atoms with van der Waals surface area (Å²) >= 11 is 0. The second-order valence-corrected chi connectivity index (χ2v) is 4.23.